The lowest BCUT2D eigenvalue weighted by molar-refractivity contribution is -0.127. The van der Waals surface area contributed by atoms with E-state index in [1.165, 1.54) is 25.7 Å². The zero-order valence-electron chi connectivity index (χ0n) is 19.0. The molecule has 0 unspecified atom stereocenters. The van der Waals surface area contributed by atoms with Crippen molar-refractivity contribution in [1.82, 2.24) is 20.0 Å². The van der Waals surface area contributed by atoms with Gasteiger partial charge in [0.15, 0.2) is 5.96 Å². The van der Waals surface area contributed by atoms with Crippen LogP contribution in [0.1, 0.15) is 25.7 Å². The average Bonchev–Trinajstić information content (AvgIpc) is 2.69. The highest BCUT2D eigenvalue weighted by molar-refractivity contribution is 14.0. The number of likely N-dealkylation sites (tertiary alicyclic amines) is 1. The Morgan fingerprint density at radius 1 is 1.10 bits per heavy atom. The molecule has 0 aromatic carbocycles. The molecule has 9 heteroatoms. The van der Waals surface area contributed by atoms with Gasteiger partial charge in [0.05, 0.1) is 13.2 Å². The lowest BCUT2D eigenvalue weighted by atomic mass is 9.92. The van der Waals surface area contributed by atoms with Crippen molar-refractivity contribution in [2.24, 2.45) is 10.9 Å². The second-order valence-electron chi connectivity index (χ2n) is 7.72. The number of rotatable bonds is 12. The zero-order chi connectivity index (χ0) is 20.8. The number of aliphatic imine (C=N–C) groups is 1. The van der Waals surface area contributed by atoms with E-state index in [1.54, 1.807) is 33.2 Å². The Hall–Kier alpha value is -0.650. The van der Waals surface area contributed by atoms with Crippen molar-refractivity contribution in [2.75, 3.05) is 87.8 Å². The van der Waals surface area contributed by atoms with Crippen molar-refractivity contribution in [3.8, 4) is 0 Å². The van der Waals surface area contributed by atoms with E-state index in [-0.39, 0.29) is 36.4 Å². The van der Waals surface area contributed by atoms with Crippen molar-refractivity contribution in [3.63, 3.8) is 0 Å². The number of ether oxygens (including phenoxy) is 2. The molecule has 1 saturated heterocycles. The first-order valence-corrected chi connectivity index (χ1v) is 10.4. The molecular formula is C20H42IN5O3. The van der Waals surface area contributed by atoms with Gasteiger partial charge in [-0.2, -0.15) is 0 Å². The Bertz CT molecular complexity index is 457. The number of guanidine groups is 1. The smallest absolute Gasteiger partial charge is 0.243 e. The fourth-order valence-electron chi connectivity index (χ4n) is 3.26. The highest BCUT2D eigenvalue weighted by Crippen LogP contribution is 2.22. The Kier molecular flexibility index (Phi) is 16.7. The van der Waals surface area contributed by atoms with Gasteiger partial charge in [0.25, 0.3) is 0 Å². The van der Waals surface area contributed by atoms with Crippen LogP contribution in [0.3, 0.4) is 0 Å². The molecule has 1 N–H and O–H groups in total. The predicted molar refractivity (Wildman–Crippen MR) is 129 cm³/mol. The summed E-state index contributed by atoms with van der Waals surface area (Å²) < 4.78 is 10.3. The SMILES string of the molecule is COCCNC(=NCC(=O)N(C)C)N1CCC(CCCN(C)CCOC)CC1.I. The van der Waals surface area contributed by atoms with Gasteiger partial charge in [0.1, 0.15) is 6.54 Å². The Labute approximate surface area is 194 Å². The molecule has 0 aromatic rings. The number of carbonyl (C=O) groups is 1. The summed E-state index contributed by atoms with van der Waals surface area (Å²) in [6, 6.07) is 0. The molecule has 0 aliphatic carbocycles. The minimum absolute atomic E-state index is 0. The van der Waals surface area contributed by atoms with E-state index in [1.807, 2.05) is 0 Å². The second-order valence-corrected chi connectivity index (χ2v) is 7.72. The van der Waals surface area contributed by atoms with E-state index in [0.717, 1.165) is 44.7 Å². The van der Waals surface area contributed by atoms with Crippen molar-refractivity contribution in [1.29, 1.82) is 0 Å². The predicted octanol–water partition coefficient (Wildman–Crippen LogP) is 1.36. The minimum atomic E-state index is 0. The number of methoxy groups -OCH3 is 2. The highest BCUT2D eigenvalue weighted by atomic mass is 127. The van der Waals surface area contributed by atoms with Crippen LogP contribution in [0.4, 0.5) is 0 Å². The van der Waals surface area contributed by atoms with Crippen LogP contribution < -0.4 is 5.32 Å². The normalized spacial score (nSPS) is 15.4. The van der Waals surface area contributed by atoms with E-state index in [0.29, 0.717) is 13.2 Å². The summed E-state index contributed by atoms with van der Waals surface area (Å²) in [6.07, 6.45) is 4.85. The van der Waals surface area contributed by atoms with Gasteiger partial charge in [-0.05, 0) is 45.2 Å². The Balaban J connectivity index is 0.00000784. The molecule has 0 bridgehead atoms. The van der Waals surface area contributed by atoms with Crippen LogP contribution in [-0.4, -0.2) is 114 Å². The number of nitrogens with zero attached hydrogens (tertiary/aromatic N) is 4. The van der Waals surface area contributed by atoms with Crippen LogP contribution in [0.5, 0.6) is 0 Å². The highest BCUT2D eigenvalue weighted by Gasteiger charge is 2.21. The number of hydrogen-bond acceptors (Lipinski definition) is 5. The molecule has 172 valence electrons. The van der Waals surface area contributed by atoms with Crippen molar-refractivity contribution < 1.29 is 14.3 Å². The van der Waals surface area contributed by atoms with Gasteiger partial charge in [-0.15, -0.1) is 24.0 Å². The molecule has 0 radical (unpaired) electrons. The fourth-order valence-corrected chi connectivity index (χ4v) is 3.26. The molecule has 1 fully saturated rings. The van der Waals surface area contributed by atoms with Crippen molar-refractivity contribution in [2.45, 2.75) is 25.7 Å². The molecule has 0 saturated carbocycles. The fraction of sp³-hybridized carbons (Fsp3) is 0.900. The molecule has 1 heterocycles. The summed E-state index contributed by atoms with van der Waals surface area (Å²) in [7, 11) is 9.11. The van der Waals surface area contributed by atoms with Crippen LogP contribution in [0, 0.1) is 5.92 Å². The maximum atomic E-state index is 11.9. The van der Waals surface area contributed by atoms with Crippen LogP contribution in [0.15, 0.2) is 4.99 Å². The van der Waals surface area contributed by atoms with Gasteiger partial charge in [-0.3, -0.25) is 4.79 Å². The van der Waals surface area contributed by atoms with E-state index in [4.69, 9.17) is 9.47 Å². The topological polar surface area (TPSA) is 69.6 Å². The largest absolute Gasteiger partial charge is 0.383 e. The van der Waals surface area contributed by atoms with Gasteiger partial charge in [-0.1, -0.05) is 0 Å². The Morgan fingerprint density at radius 2 is 1.76 bits per heavy atom. The molecule has 1 aliphatic rings. The lowest BCUT2D eigenvalue weighted by Crippen LogP contribution is -2.47. The Morgan fingerprint density at radius 3 is 2.34 bits per heavy atom. The van der Waals surface area contributed by atoms with Gasteiger partial charge >= 0.3 is 0 Å². The van der Waals surface area contributed by atoms with E-state index in [2.05, 4.69) is 27.2 Å². The third kappa shape index (κ3) is 12.6. The summed E-state index contributed by atoms with van der Waals surface area (Å²) >= 11 is 0. The number of nitrogens with one attached hydrogen (secondary N) is 1. The molecule has 8 nitrogen and oxygen atoms in total. The third-order valence-electron chi connectivity index (χ3n) is 5.20. The summed E-state index contributed by atoms with van der Waals surface area (Å²) in [6.45, 7) is 6.37. The molecule has 1 aliphatic heterocycles. The number of carbonyl (C=O) groups excluding carboxylic acids is 1. The monoisotopic (exact) mass is 527 g/mol. The van der Waals surface area contributed by atoms with Crippen molar-refractivity contribution >= 4 is 35.8 Å². The summed E-state index contributed by atoms with van der Waals surface area (Å²) in [5.74, 6) is 1.61. The van der Waals surface area contributed by atoms with Crippen LogP contribution >= 0.6 is 24.0 Å². The van der Waals surface area contributed by atoms with Crippen LogP contribution in [0.2, 0.25) is 0 Å². The zero-order valence-corrected chi connectivity index (χ0v) is 21.3. The first-order valence-electron chi connectivity index (χ1n) is 10.4. The maximum Gasteiger partial charge on any atom is 0.243 e. The van der Waals surface area contributed by atoms with Crippen molar-refractivity contribution in [3.05, 3.63) is 0 Å². The standard InChI is InChI=1S/C20H41N5O3.HI/c1-23(2)19(26)17-22-20(21-10-15-27-4)25-12-8-18(9-13-25)7-6-11-24(3)14-16-28-5;/h18H,6-17H2,1-5H3,(H,21,22);1H. The van der Waals surface area contributed by atoms with Gasteiger partial charge < -0.3 is 29.5 Å². The molecule has 1 amide bonds. The van der Waals surface area contributed by atoms with Crippen LogP contribution in [0.25, 0.3) is 0 Å². The van der Waals surface area contributed by atoms with E-state index < -0.39 is 0 Å². The van der Waals surface area contributed by atoms with Gasteiger partial charge in [0.2, 0.25) is 5.91 Å². The molecule has 0 aromatic heterocycles. The second kappa shape index (κ2) is 17.1. The van der Waals surface area contributed by atoms with E-state index in [9.17, 15) is 4.79 Å². The first kappa shape index (κ1) is 28.4. The summed E-state index contributed by atoms with van der Waals surface area (Å²) in [5, 5.41) is 3.34. The lowest BCUT2D eigenvalue weighted by Gasteiger charge is -2.34. The molecule has 0 atom stereocenters. The number of halogens is 1. The number of hydrogen-bond donors (Lipinski definition) is 1. The summed E-state index contributed by atoms with van der Waals surface area (Å²) in [4.78, 5) is 22.6. The molecule has 1 rings (SSSR count). The number of likely N-dealkylation sites (N-methyl/N-ethyl adjacent to an activating group) is 2. The van der Waals surface area contributed by atoms with Crippen LogP contribution in [-0.2, 0) is 14.3 Å². The number of piperidine rings is 1. The molecule has 0 spiro atoms. The maximum absolute atomic E-state index is 11.9. The third-order valence-corrected chi connectivity index (χ3v) is 5.20. The number of amides is 1. The minimum Gasteiger partial charge on any atom is -0.383 e. The molecule has 29 heavy (non-hydrogen) atoms. The van der Waals surface area contributed by atoms with Gasteiger partial charge in [0, 0.05) is 54.5 Å². The van der Waals surface area contributed by atoms with Gasteiger partial charge in [-0.25, -0.2) is 4.99 Å². The summed E-state index contributed by atoms with van der Waals surface area (Å²) in [5.41, 5.74) is 0. The first-order chi connectivity index (χ1) is 13.5. The average molecular weight is 527 g/mol. The molecular weight excluding hydrogens is 485 g/mol. The quantitative estimate of drug-likeness (QED) is 0.179. The van der Waals surface area contributed by atoms with E-state index >= 15 is 0 Å².